The average Bonchev–Trinajstić information content (AvgIpc) is 2.63. The lowest BCUT2D eigenvalue weighted by molar-refractivity contribution is 0.0660. The van der Waals surface area contributed by atoms with Crippen molar-refractivity contribution in [3.8, 4) is 0 Å². The molecule has 0 saturated heterocycles. The molecule has 1 fully saturated rings. The minimum atomic E-state index is -1.01. The van der Waals surface area contributed by atoms with Crippen molar-refractivity contribution in [1.82, 2.24) is 5.32 Å². The normalized spacial score (nSPS) is 22.7. The van der Waals surface area contributed by atoms with Crippen LogP contribution in [0.2, 0.25) is 0 Å². The Balaban J connectivity index is 1.94. The Morgan fingerprint density at radius 2 is 2.40 bits per heavy atom. The van der Waals surface area contributed by atoms with Gasteiger partial charge in [-0.3, -0.25) is 0 Å². The minimum absolute atomic E-state index is 0.0426. The van der Waals surface area contributed by atoms with Crippen molar-refractivity contribution in [3.63, 3.8) is 0 Å². The molecule has 15 heavy (non-hydrogen) atoms. The zero-order chi connectivity index (χ0) is 11.1. The Hall–Kier alpha value is -1.29. The summed E-state index contributed by atoms with van der Waals surface area (Å²) in [7, 11) is 0. The molecule has 2 N–H and O–H groups in total. The van der Waals surface area contributed by atoms with Crippen molar-refractivity contribution < 1.29 is 14.3 Å². The van der Waals surface area contributed by atoms with Crippen LogP contribution < -0.4 is 5.32 Å². The van der Waals surface area contributed by atoms with Crippen LogP contribution in [-0.4, -0.2) is 17.1 Å². The second kappa shape index (κ2) is 3.38. The van der Waals surface area contributed by atoms with E-state index in [1.807, 2.05) is 0 Å². The molecule has 4 nitrogen and oxygen atoms in total. The zero-order valence-corrected chi connectivity index (χ0v) is 8.91. The van der Waals surface area contributed by atoms with Gasteiger partial charge in [0, 0.05) is 18.2 Å². The number of carbonyl (C=O) groups is 1. The maximum atomic E-state index is 10.7. The van der Waals surface area contributed by atoms with Gasteiger partial charge < -0.3 is 14.8 Å². The number of hydrogen-bond acceptors (Lipinski definition) is 3. The third-order valence-corrected chi connectivity index (χ3v) is 2.99. The monoisotopic (exact) mass is 209 g/mol. The van der Waals surface area contributed by atoms with Crippen LogP contribution in [0.25, 0.3) is 0 Å². The summed E-state index contributed by atoms with van der Waals surface area (Å²) in [6.45, 7) is 4.95. The predicted octanol–water partition coefficient (Wildman–Crippen LogP) is 1.87. The molecular formula is C11H15NO3. The van der Waals surface area contributed by atoms with Crippen molar-refractivity contribution in [3.05, 3.63) is 23.7 Å². The number of carboxylic acid groups (broad SMARTS) is 1. The van der Waals surface area contributed by atoms with E-state index in [1.54, 1.807) is 6.07 Å². The van der Waals surface area contributed by atoms with Crippen molar-refractivity contribution in [2.24, 2.45) is 5.41 Å². The molecule has 0 spiro atoms. The third-order valence-electron chi connectivity index (χ3n) is 2.99. The SMILES string of the molecule is CC1(C)CC1NCc1ccoc1C(=O)O. The van der Waals surface area contributed by atoms with E-state index in [9.17, 15) is 4.79 Å². The number of furan rings is 1. The molecule has 1 aromatic heterocycles. The zero-order valence-electron chi connectivity index (χ0n) is 8.91. The van der Waals surface area contributed by atoms with E-state index >= 15 is 0 Å². The molecule has 1 aromatic rings. The average molecular weight is 209 g/mol. The second-order valence-corrected chi connectivity index (χ2v) is 4.71. The molecule has 1 aliphatic rings. The van der Waals surface area contributed by atoms with E-state index in [0.29, 0.717) is 23.6 Å². The van der Waals surface area contributed by atoms with Crippen LogP contribution in [0.15, 0.2) is 16.7 Å². The first-order valence-electron chi connectivity index (χ1n) is 5.04. The van der Waals surface area contributed by atoms with Crippen LogP contribution in [-0.2, 0) is 6.54 Å². The Morgan fingerprint density at radius 3 is 2.93 bits per heavy atom. The molecule has 4 heteroatoms. The van der Waals surface area contributed by atoms with Crippen LogP contribution in [0.5, 0.6) is 0 Å². The van der Waals surface area contributed by atoms with Gasteiger partial charge in [0.2, 0.25) is 5.76 Å². The van der Waals surface area contributed by atoms with Crippen LogP contribution in [0.4, 0.5) is 0 Å². The Bertz CT molecular complexity index is 381. The highest BCUT2D eigenvalue weighted by Crippen LogP contribution is 2.44. The van der Waals surface area contributed by atoms with E-state index in [4.69, 9.17) is 9.52 Å². The summed E-state index contributed by atoms with van der Waals surface area (Å²) in [6.07, 6.45) is 2.56. The van der Waals surface area contributed by atoms with E-state index in [2.05, 4.69) is 19.2 Å². The molecule has 1 saturated carbocycles. The third kappa shape index (κ3) is 2.04. The summed E-state index contributed by atoms with van der Waals surface area (Å²) in [5.41, 5.74) is 1.07. The molecule has 1 heterocycles. The number of nitrogens with one attached hydrogen (secondary N) is 1. The Morgan fingerprint density at radius 1 is 1.73 bits per heavy atom. The highest BCUT2D eigenvalue weighted by molar-refractivity contribution is 5.86. The van der Waals surface area contributed by atoms with Crippen molar-refractivity contribution >= 4 is 5.97 Å². The van der Waals surface area contributed by atoms with Gasteiger partial charge >= 0.3 is 5.97 Å². The lowest BCUT2D eigenvalue weighted by Gasteiger charge is -2.05. The van der Waals surface area contributed by atoms with Gasteiger partial charge in [-0.1, -0.05) is 13.8 Å². The molecule has 82 valence electrons. The first kappa shape index (κ1) is 10.2. The van der Waals surface area contributed by atoms with E-state index in [0.717, 1.165) is 6.42 Å². The topological polar surface area (TPSA) is 62.5 Å². The van der Waals surface area contributed by atoms with Gasteiger partial charge in [-0.25, -0.2) is 4.79 Å². The van der Waals surface area contributed by atoms with Gasteiger partial charge in [-0.15, -0.1) is 0 Å². The standard InChI is InChI=1S/C11H15NO3/c1-11(2)5-8(11)12-6-7-3-4-15-9(7)10(13)14/h3-4,8,12H,5-6H2,1-2H3,(H,13,14). The van der Waals surface area contributed by atoms with Crippen LogP contribution in [0.1, 0.15) is 36.4 Å². The number of hydrogen-bond donors (Lipinski definition) is 2. The fourth-order valence-electron chi connectivity index (χ4n) is 1.71. The van der Waals surface area contributed by atoms with Crippen LogP contribution >= 0.6 is 0 Å². The van der Waals surface area contributed by atoms with Crippen LogP contribution in [0, 0.1) is 5.41 Å². The predicted molar refractivity (Wildman–Crippen MR) is 54.7 cm³/mol. The summed E-state index contributed by atoms with van der Waals surface area (Å²) in [6, 6.07) is 2.19. The minimum Gasteiger partial charge on any atom is -0.475 e. The lowest BCUT2D eigenvalue weighted by atomic mass is 10.2. The van der Waals surface area contributed by atoms with Crippen molar-refractivity contribution in [1.29, 1.82) is 0 Å². The van der Waals surface area contributed by atoms with Gasteiger partial charge in [0.15, 0.2) is 0 Å². The highest BCUT2D eigenvalue weighted by Gasteiger charge is 2.45. The van der Waals surface area contributed by atoms with Crippen molar-refractivity contribution in [2.45, 2.75) is 32.9 Å². The van der Waals surface area contributed by atoms with Crippen LogP contribution in [0.3, 0.4) is 0 Å². The maximum Gasteiger partial charge on any atom is 0.372 e. The van der Waals surface area contributed by atoms with Gasteiger partial charge in [0.25, 0.3) is 0 Å². The fourth-order valence-corrected chi connectivity index (χ4v) is 1.71. The summed E-state index contributed by atoms with van der Waals surface area (Å²) < 4.78 is 4.89. The lowest BCUT2D eigenvalue weighted by Crippen LogP contribution is -2.20. The molecular weight excluding hydrogens is 194 g/mol. The summed E-state index contributed by atoms with van der Waals surface area (Å²) in [4.78, 5) is 10.7. The van der Waals surface area contributed by atoms with Gasteiger partial charge in [-0.05, 0) is 17.9 Å². The van der Waals surface area contributed by atoms with Gasteiger partial charge in [0.1, 0.15) is 0 Å². The molecule has 1 atom stereocenters. The van der Waals surface area contributed by atoms with Crippen molar-refractivity contribution in [2.75, 3.05) is 0 Å². The molecule has 0 bridgehead atoms. The maximum absolute atomic E-state index is 10.7. The largest absolute Gasteiger partial charge is 0.475 e. The second-order valence-electron chi connectivity index (χ2n) is 4.71. The number of carboxylic acids is 1. The highest BCUT2D eigenvalue weighted by atomic mass is 16.4. The summed E-state index contributed by atoms with van der Waals surface area (Å²) in [5.74, 6) is -0.965. The molecule has 0 radical (unpaired) electrons. The molecule has 0 aromatic carbocycles. The Labute approximate surface area is 88.3 Å². The number of aromatic carboxylic acids is 1. The van der Waals surface area contributed by atoms with E-state index < -0.39 is 5.97 Å². The summed E-state index contributed by atoms with van der Waals surface area (Å²) >= 11 is 0. The molecule has 1 aliphatic carbocycles. The number of rotatable bonds is 4. The quantitative estimate of drug-likeness (QED) is 0.794. The molecule has 1 unspecified atom stereocenters. The first-order chi connectivity index (χ1) is 7.00. The smallest absolute Gasteiger partial charge is 0.372 e. The van der Waals surface area contributed by atoms with Gasteiger partial charge in [-0.2, -0.15) is 0 Å². The van der Waals surface area contributed by atoms with E-state index in [1.165, 1.54) is 6.26 Å². The molecule has 0 amide bonds. The molecule has 0 aliphatic heterocycles. The first-order valence-corrected chi connectivity index (χ1v) is 5.04. The Kier molecular flexibility index (Phi) is 2.31. The molecule has 2 rings (SSSR count). The van der Waals surface area contributed by atoms with E-state index in [-0.39, 0.29) is 5.76 Å². The van der Waals surface area contributed by atoms with Gasteiger partial charge in [0.05, 0.1) is 6.26 Å². The fraction of sp³-hybridized carbons (Fsp3) is 0.545. The summed E-state index contributed by atoms with van der Waals surface area (Å²) in [5, 5.41) is 12.1.